The van der Waals surface area contributed by atoms with Crippen LogP contribution in [0, 0.1) is 0 Å². The lowest BCUT2D eigenvalue weighted by atomic mass is 9.90. The Hall–Kier alpha value is -2.69. The van der Waals surface area contributed by atoms with Crippen molar-refractivity contribution < 1.29 is 18.0 Å². The highest BCUT2D eigenvalue weighted by Gasteiger charge is 2.48. The maximum Gasteiger partial charge on any atom is 0.396 e. The van der Waals surface area contributed by atoms with Gasteiger partial charge in [-0.15, -0.1) is 0 Å². The highest BCUT2D eigenvalue weighted by molar-refractivity contribution is 5.94. The summed E-state index contributed by atoms with van der Waals surface area (Å²) < 4.78 is 43.8. The molecule has 2 saturated heterocycles. The highest BCUT2D eigenvalue weighted by Crippen LogP contribution is 2.46. The molecule has 5 rings (SSSR count). The Balaban J connectivity index is 1.32. The van der Waals surface area contributed by atoms with Gasteiger partial charge in [0.1, 0.15) is 23.8 Å². The fourth-order valence-electron chi connectivity index (χ4n) is 5.58. The number of amides is 1. The molecule has 2 fully saturated rings. The molecule has 1 atom stereocenters. The second-order valence-electron chi connectivity index (χ2n) is 9.75. The third kappa shape index (κ3) is 5.00. The van der Waals surface area contributed by atoms with E-state index in [9.17, 15) is 18.0 Å². The van der Waals surface area contributed by atoms with E-state index in [1.165, 1.54) is 19.2 Å². The van der Waals surface area contributed by atoms with Gasteiger partial charge in [0.2, 0.25) is 5.91 Å². The summed E-state index contributed by atoms with van der Waals surface area (Å²) in [6, 6.07) is 0. The van der Waals surface area contributed by atoms with Gasteiger partial charge in [-0.2, -0.15) is 13.2 Å². The van der Waals surface area contributed by atoms with E-state index in [-0.39, 0.29) is 23.1 Å². The molecule has 0 bridgehead atoms. The molecule has 190 valence electrons. The van der Waals surface area contributed by atoms with Gasteiger partial charge in [0.15, 0.2) is 0 Å². The summed E-state index contributed by atoms with van der Waals surface area (Å²) in [4.78, 5) is 29.4. The minimum Gasteiger partial charge on any atom is -0.356 e. The van der Waals surface area contributed by atoms with Crippen LogP contribution in [-0.2, 0) is 17.8 Å². The van der Waals surface area contributed by atoms with Crippen LogP contribution in [0.4, 0.5) is 24.8 Å². The molecular weight excluding hydrogens is 459 g/mol. The molecule has 11 heteroatoms. The maximum absolute atomic E-state index is 13.8. The van der Waals surface area contributed by atoms with Gasteiger partial charge >= 0.3 is 6.18 Å². The summed E-state index contributed by atoms with van der Waals surface area (Å²) in [6.45, 7) is 7.50. The lowest BCUT2D eigenvalue weighted by molar-refractivity contribution is -0.156. The fraction of sp³-hybridized carbons (Fsp3) is 0.667. The molecule has 0 radical (unpaired) electrons. The van der Waals surface area contributed by atoms with Crippen molar-refractivity contribution in [3.05, 3.63) is 29.6 Å². The zero-order chi connectivity index (χ0) is 24.6. The SMILES string of the molecule is CCc1cn(CCN2CCCC2)c(C2CCN(c3ncnc4c3C(C(F)(F)F)CC(=O)N4)CC2)n1. The second-order valence-corrected chi connectivity index (χ2v) is 9.75. The standard InChI is InChI=1S/C24H32F3N7O/c1-2-17-14-34(12-11-32-7-3-4-8-32)22(30-17)16-5-9-33(10-6-16)23-20-18(24(25,26)27)13-19(35)31-21(20)28-15-29-23/h14-16,18H,2-13H2,1H3,(H,28,29,31,35). The number of carbonyl (C=O) groups is 1. The Labute approximate surface area is 202 Å². The number of imidazole rings is 1. The molecule has 3 aliphatic heterocycles. The van der Waals surface area contributed by atoms with Crippen LogP contribution in [0.3, 0.4) is 0 Å². The first-order chi connectivity index (χ1) is 16.8. The van der Waals surface area contributed by atoms with Gasteiger partial charge in [-0.05, 0) is 45.2 Å². The van der Waals surface area contributed by atoms with E-state index in [1.54, 1.807) is 0 Å². The van der Waals surface area contributed by atoms with Crippen molar-refractivity contribution in [2.75, 3.05) is 42.9 Å². The molecule has 0 spiro atoms. The molecule has 0 aromatic carbocycles. The predicted octanol–water partition coefficient (Wildman–Crippen LogP) is 3.70. The normalized spacial score (nSPS) is 21.9. The molecule has 2 aromatic heterocycles. The molecule has 3 aliphatic rings. The van der Waals surface area contributed by atoms with E-state index in [2.05, 4.69) is 37.9 Å². The van der Waals surface area contributed by atoms with Crippen molar-refractivity contribution in [1.82, 2.24) is 24.4 Å². The van der Waals surface area contributed by atoms with Gasteiger partial charge in [0, 0.05) is 44.7 Å². The zero-order valence-electron chi connectivity index (χ0n) is 20.0. The molecule has 1 amide bonds. The number of likely N-dealkylation sites (tertiary alicyclic amines) is 1. The Morgan fingerprint density at radius 3 is 2.51 bits per heavy atom. The fourth-order valence-corrected chi connectivity index (χ4v) is 5.58. The molecule has 1 N–H and O–H groups in total. The molecule has 35 heavy (non-hydrogen) atoms. The number of halogens is 3. The number of nitrogens with one attached hydrogen (secondary N) is 1. The van der Waals surface area contributed by atoms with Gasteiger partial charge in [0.25, 0.3) is 0 Å². The Morgan fingerprint density at radius 2 is 1.83 bits per heavy atom. The van der Waals surface area contributed by atoms with Gasteiger partial charge in [0.05, 0.1) is 17.2 Å². The summed E-state index contributed by atoms with van der Waals surface area (Å²) in [6.07, 6.45) is 3.19. The monoisotopic (exact) mass is 491 g/mol. The number of aryl methyl sites for hydroxylation is 1. The van der Waals surface area contributed by atoms with E-state index in [4.69, 9.17) is 4.98 Å². The van der Waals surface area contributed by atoms with Crippen molar-refractivity contribution in [3.63, 3.8) is 0 Å². The highest BCUT2D eigenvalue weighted by atomic mass is 19.4. The first-order valence-corrected chi connectivity index (χ1v) is 12.6. The van der Waals surface area contributed by atoms with Crippen molar-refractivity contribution in [2.24, 2.45) is 0 Å². The largest absolute Gasteiger partial charge is 0.396 e. The number of nitrogens with zero attached hydrogens (tertiary/aromatic N) is 6. The summed E-state index contributed by atoms with van der Waals surface area (Å²) in [5, 5.41) is 2.50. The number of fused-ring (bicyclic) bond motifs is 1. The third-order valence-corrected chi connectivity index (χ3v) is 7.49. The van der Waals surface area contributed by atoms with Crippen LogP contribution in [0.1, 0.15) is 67.9 Å². The van der Waals surface area contributed by atoms with Crippen LogP contribution >= 0.6 is 0 Å². The lowest BCUT2D eigenvalue weighted by Gasteiger charge is -2.36. The van der Waals surface area contributed by atoms with Crippen LogP contribution in [0.25, 0.3) is 0 Å². The van der Waals surface area contributed by atoms with E-state index in [0.717, 1.165) is 57.0 Å². The second kappa shape index (κ2) is 9.75. The number of anilines is 2. The van der Waals surface area contributed by atoms with Gasteiger partial charge in [-0.25, -0.2) is 15.0 Å². The van der Waals surface area contributed by atoms with Crippen LogP contribution in [-0.4, -0.2) is 69.2 Å². The molecule has 2 aromatic rings. The van der Waals surface area contributed by atoms with E-state index < -0.39 is 24.4 Å². The maximum atomic E-state index is 13.8. The number of rotatable bonds is 6. The number of hydrogen-bond acceptors (Lipinski definition) is 6. The number of carbonyl (C=O) groups excluding carboxylic acids is 1. The number of piperidine rings is 1. The van der Waals surface area contributed by atoms with Gasteiger partial charge < -0.3 is 19.7 Å². The summed E-state index contributed by atoms with van der Waals surface area (Å²) >= 11 is 0. The predicted molar refractivity (Wildman–Crippen MR) is 126 cm³/mol. The van der Waals surface area contributed by atoms with Gasteiger partial charge in [-0.1, -0.05) is 6.92 Å². The third-order valence-electron chi connectivity index (χ3n) is 7.49. The van der Waals surface area contributed by atoms with E-state index >= 15 is 0 Å². The first-order valence-electron chi connectivity index (χ1n) is 12.6. The van der Waals surface area contributed by atoms with Gasteiger partial charge in [-0.3, -0.25) is 4.79 Å². The average Bonchev–Trinajstić information content (AvgIpc) is 3.51. The van der Waals surface area contributed by atoms with Crippen molar-refractivity contribution in [1.29, 1.82) is 0 Å². The summed E-state index contributed by atoms with van der Waals surface area (Å²) in [5.74, 6) is -0.970. The number of hydrogen-bond donors (Lipinski definition) is 1. The summed E-state index contributed by atoms with van der Waals surface area (Å²) in [7, 11) is 0. The zero-order valence-corrected chi connectivity index (χ0v) is 20.0. The topological polar surface area (TPSA) is 79.2 Å². The minimum absolute atomic E-state index is 0.0153. The Kier molecular flexibility index (Phi) is 6.69. The number of aromatic nitrogens is 4. The molecule has 0 saturated carbocycles. The Morgan fingerprint density at radius 1 is 1.09 bits per heavy atom. The molecule has 0 aliphatic carbocycles. The van der Waals surface area contributed by atoms with Crippen LogP contribution < -0.4 is 10.2 Å². The first kappa shape index (κ1) is 24.0. The van der Waals surface area contributed by atoms with E-state index in [0.29, 0.717) is 13.1 Å². The molecule has 8 nitrogen and oxygen atoms in total. The summed E-state index contributed by atoms with van der Waals surface area (Å²) in [5.41, 5.74) is 1.07. The smallest absolute Gasteiger partial charge is 0.356 e. The average molecular weight is 492 g/mol. The quantitative estimate of drug-likeness (QED) is 0.664. The Bertz CT molecular complexity index is 1060. The lowest BCUT2D eigenvalue weighted by Crippen LogP contribution is -2.38. The minimum atomic E-state index is -4.54. The van der Waals surface area contributed by atoms with Crippen molar-refractivity contribution in [2.45, 2.75) is 70.0 Å². The van der Waals surface area contributed by atoms with Crippen LogP contribution in [0.5, 0.6) is 0 Å². The van der Waals surface area contributed by atoms with Crippen LogP contribution in [0.15, 0.2) is 12.5 Å². The molecule has 5 heterocycles. The van der Waals surface area contributed by atoms with Crippen molar-refractivity contribution >= 4 is 17.5 Å². The molecule has 1 unspecified atom stereocenters. The van der Waals surface area contributed by atoms with Crippen LogP contribution in [0.2, 0.25) is 0 Å². The van der Waals surface area contributed by atoms with E-state index in [1.807, 2.05) is 4.90 Å². The number of alkyl halides is 3. The van der Waals surface area contributed by atoms with Crippen molar-refractivity contribution in [3.8, 4) is 0 Å². The molecular formula is C24H32F3N7O.